The van der Waals surface area contributed by atoms with Crippen molar-refractivity contribution in [2.24, 2.45) is 0 Å². The van der Waals surface area contributed by atoms with Crippen LogP contribution in [0.1, 0.15) is 72.1 Å². The first-order valence-electron chi connectivity index (χ1n) is 7.28. The van der Waals surface area contributed by atoms with E-state index in [1.807, 2.05) is 6.92 Å². The normalized spacial score (nSPS) is 14.2. The molecule has 1 unspecified atom stereocenters. The van der Waals surface area contributed by atoms with Gasteiger partial charge >= 0.3 is 5.97 Å². The van der Waals surface area contributed by atoms with Crippen molar-refractivity contribution in [3.63, 3.8) is 0 Å². The molecule has 108 valence electrons. The summed E-state index contributed by atoms with van der Waals surface area (Å²) >= 11 is 0. The zero-order chi connectivity index (χ0) is 13.9. The maximum atomic E-state index is 11.2. The summed E-state index contributed by atoms with van der Waals surface area (Å²) in [5, 5.41) is 0. The quantitative estimate of drug-likeness (QED) is 0.413. The first kappa shape index (κ1) is 17.4. The second-order valence-corrected chi connectivity index (χ2v) is 5.12. The zero-order valence-electron chi connectivity index (χ0n) is 12.6. The van der Waals surface area contributed by atoms with E-state index in [0.29, 0.717) is 13.0 Å². The van der Waals surface area contributed by atoms with Crippen molar-refractivity contribution in [3.8, 4) is 0 Å². The number of hydrogen-bond donors (Lipinski definition) is 0. The van der Waals surface area contributed by atoms with Gasteiger partial charge in [-0.3, -0.25) is 4.79 Å². The number of hydrogen-bond acceptors (Lipinski definition) is 3. The third-order valence-corrected chi connectivity index (χ3v) is 3.39. The Kier molecular flexibility index (Phi) is 10.0. The molecule has 0 aromatic heterocycles. The molecule has 0 bridgehead atoms. The standard InChI is InChI=1S/C15H30O3/c1-5-7-8-9-10-12-15(3,18-6-2)13-11-14(16)17-4/h5-13H2,1-4H3. The summed E-state index contributed by atoms with van der Waals surface area (Å²) in [5.41, 5.74) is -0.171. The maximum absolute atomic E-state index is 11.2. The van der Waals surface area contributed by atoms with Crippen LogP contribution in [0.4, 0.5) is 0 Å². The summed E-state index contributed by atoms with van der Waals surface area (Å²) in [6, 6.07) is 0. The first-order valence-corrected chi connectivity index (χ1v) is 7.28. The Morgan fingerprint density at radius 3 is 2.28 bits per heavy atom. The summed E-state index contributed by atoms with van der Waals surface area (Å²) in [5.74, 6) is -0.146. The Bertz CT molecular complexity index is 216. The Morgan fingerprint density at radius 1 is 1.06 bits per heavy atom. The monoisotopic (exact) mass is 258 g/mol. The summed E-state index contributed by atoms with van der Waals surface area (Å²) in [7, 11) is 1.44. The highest BCUT2D eigenvalue weighted by Crippen LogP contribution is 2.25. The van der Waals surface area contributed by atoms with E-state index >= 15 is 0 Å². The minimum absolute atomic E-state index is 0.146. The molecule has 0 heterocycles. The predicted octanol–water partition coefficient (Wildman–Crippen LogP) is 4.10. The summed E-state index contributed by atoms with van der Waals surface area (Å²) in [6.07, 6.45) is 8.55. The second kappa shape index (κ2) is 10.4. The number of ether oxygens (including phenoxy) is 2. The number of methoxy groups -OCH3 is 1. The van der Waals surface area contributed by atoms with Crippen LogP contribution in [0.2, 0.25) is 0 Å². The van der Waals surface area contributed by atoms with Crippen LogP contribution in [0, 0.1) is 0 Å². The molecule has 0 aliphatic carbocycles. The lowest BCUT2D eigenvalue weighted by Crippen LogP contribution is -2.30. The topological polar surface area (TPSA) is 35.5 Å². The zero-order valence-corrected chi connectivity index (χ0v) is 12.6. The van der Waals surface area contributed by atoms with E-state index in [9.17, 15) is 4.79 Å². The van der Waals surface area contributed by atoms with Gasteiger partial charge in [0.2, 0.25) is 0 Å². The van der Waals surface area contributed by atoms with E-state index in [2.05, 4.69) is 18.6 Å². The average Bonchev–Trinajstić information content (AvgIpc) is 2.36. The minimum Gasteiger partial charge on any atom is -0.469 e. The Hall–Kier alpha value is -0.570. The fourth-order valence-corrected chi connectivity index (χ4v) is 2.19. The molecule has 0 radical (unpaired) electrons. The molecule has 3 heteroatoms. The van der Waals surface area contributed by atoms with Gasteiger partial charge < -0.3 is 9.47 Å². The van der Waals surface area contributed by atoms with Crippen LogP contribution in [0.25, 0.3) is 0 Å². The molecule has 0 aliphatic rings. The number of esters is 1. The Balaban J connectivity index is 3.96. The van der Waals surface area contributed by atoms with Crippen molar-refractivity contribution in [2.45, 2.75) is 77.7 Å². The van der Waals surface area contributed by atoms with Crippen LogP contribution in [-0.2, 0) is 14.3 Å². The van der Waals surface area contributed by atoms with Crippen LogP contribution in [0.15, 0.2) is 0 Å². The minimum atomic E-state index is -0.171. The smallest absolute Gasteiger partial charge is 0.305 e. The lowest BCUT2D eigenvalue weighted by molar-refractivity contribution is -0.142. The molecule has 3 nitrogen and oxygen atoms in total. The van der Waals surface area contributed by atoms with E-state index in [4.69, 9.17) is 4.74 Å². The number of carbonyl (C=O) groups is 1. The number of unbranched alkanes of at least 4 members (excludes halogenated alkanes) is 4. The summed E-state index contributed by atoms with van der Waals surface area (Å²) < 4.78 is 10.5. The Morgan fingerprint density at radius 2 is 1.72 bits per heavy atom. The molecule has 0 spiro atoms. The fourth-order valence-electron chi connectivity index (χ4n) is 2.19. The molecule has 0 saturated carbocycles. The van der Waals surface area contributed by atoms with Crippen LogP contribution in [0.5, 0.6) is 0 Å². The summed E-state index contributed by atoms with van der Waals surface area (Å²) in [4.78, 5) is 11.2. The molecule has 18 heavy (non-hydrogen) atoms. The van der Waals surface area contributed by atoms with Crippen molar-refractivity contribution in [2.75, 3.05) is 13.7 Å². The fraction of sp³-hybridized carbons (Fsp3) is 0.933. The highest BCUT2D eigenvalue weighted by Gasteiger charge is 2.25. The molecule has 0 saturated heterocycles. The molecule has 0 rings (SSSR count). The molecular weight excluding hydrogens is 228 g/mol. The van der Waals surface area contributed by atoms with Crippen molar-refractivity contribution in [3.05, 3.63) is 0 Å². The van der Waals surface area contributed by atoms with E-state index < -0.39 is 0 Å². The molecule has 0 amide bonds. The molecule has 0 N–H and O–H groups in total. The maximum Gasteiger partial charge on any atom is 0.305 e. The molecule has 0 aromatic rings. The van der Waals surface area contributed by atoms with Crippen molar-refractivity contribution < 1.29 is 14.3 Å². The number of carbonyl (C=O) groups excluding carboxylic acids is 1. The second-order valence-electron chi connectivity index (χ2n) is 5.12. The first-order chi connectivity index (χ1) is 8.58. The van der Waals surface area contributed by atoms with E-state index in [-0.39, 0.29) is 11.6 Å². The third-order valence-electron chi connectivity index (χ3n) is 3.39. The lowest BCUT2D eigenvalue weighted by atomic mass is 9.92. The van der Waals surface area contributed by atoms with E-state index in [1.165, 1.54) is 39.2 Å². The van der Waals surface area contributed by atoms with Gasteiger partial charge in [0.05, 0.1) is 12.7 Å². The van der Waals surface area contributed by atoms with Crippen LogP contribution in [0.3, 0.4) is 0 Å². The van der Waals surface area contributed by atoms with Gasteiger partial charge in [0, 0.05) is 13.0 Å². The van der Waals surface area contributed by atoms with Gasteiger partial charge in [0.1, 0.15) is 0 Å². The van der Waals surface area contributed by atoms with Crippen LogP contribution in [-0.4, -0.2) is 25.3 Å². The van der Waals surface area contributed by atoms with Gasteiger partial charge in [-0.25, -0.2) is 0 Å². The van der Waals surface area contributed by atoms with Gasteiger partial charge in [0.15, 0.2) is 0 Å². The van der Waals surface area contributed by atoms with E-state index in [0.717, 1.165) is 12.8 Å². The van der Waals surface area contributed by atoms with Gasteiger partial charge in [-0.2, -0.15) is 0 Å². The molecule has 1 atom stereocenters. The predicted molar refractivity (Wildman–Crippen MR) is 74.7 cm³/mol. The largest absolute Gasteiger partial charge is 0.469 e. The van der Waals surface area contributed by atoms with Gasteiger partial charge in [-0.1, -0.05) is 39.0 Å². The van der Waals surface area contributed by atoms with Crippen molar-refractivity contribution in [1.29, 1.82) is 0 Å². The van der Waals surface area contributed by atoms with Crippen molar-refractivity contribution >= 4 is 5.97 Å². The highest BCUT2D eigenvalue weighted by atomic mass is 16.5. The highest BCUT2D eigenvalue weighted by molar-refractivity contribution is 5.69. The van der Waals surface area contributed by atoms with E-state index in [1.54, 1.807) is 0 Å². The lowest BCUT2D eigenvalue weighted by Gasteiger charge is -2.29. The molecule has 0 aromatic carbocycles. The number of rotatable bonds is 11. The van der Waals surface area contributed by atoms with Gasteiger partial charge in [0.25, 0.3) is 0 Å². The van der Waals surface area contributed by atoms with Crippen molar-refractivity contribution in [1.82, 2.24) is 0 Å². The average molecular weight is 258 g/mol. The van der Waals surface area contributed by atoms with Gasteiger partial charge in [-0.15, -0.1) is 0 Å². The van der Waals surface area contributed by atoms with Gasteiger partial charge in [-0.05, 0) is 26.7 Å². The Labute approximate surface area is 112 Å². The van der Waals surface area contributed by atoms with Crippen LogP contribution < -0.4 is 0 Å². The molecular formula is C15H30O3. The summed E-state index contributed by atoms with van der Waals surface area (Å²) in [6.45, 7) is 7.04. The SMILES string of the molecule is CCCCCCCC(C)(CCC(=O)OC)OCC. The third kappa shape index (κ3) is 8.51. The molecule has 0 fully saturated rings. The molecule has 0 aliphatic heterocycles. The van der Waals surface area contributed by atoms with Crippen LogP contribution >= 0.6 is 0 Å².